The van der Waals surface area contributed by atoms with Crippen LogP contribution in [-0.4, -0.2) is 24.4 Å². The van der Waals surface area contributed by atoms with E-state index in [1.807, 2.05) is 0 Å². The van der Waals surface area contributed by atoms with Gasteiger partial charge in [0.15, 0.2) is 0 Å². The number of ether oxygens (including phenoxy) is 2. The largest absolute Gasteiger partial charge is 0.375 e. The standard InChI is InChI=1S/C9H14O2/c1-3-7-9(5-2-6-10-7)8(4-1)11-9/h7-8H,1-6H2/t7-,8+,9-/m1/s1. The van der Waals surface area contributed by atoms with Crippen LogP contribution in [0.4, 0.5) is 0 Å². The molecule has 11 heavy (non-hydrogen) atoms. The second kappa shape index (κ2) is 1.99. The molecule has 3 rings (SSSR count). The van der Waals surface area contributed by atoms with Gasteiger partial charge in [0.1, 0.15) is 5.60 Å². The zero-order valence-corrected chi connectivity index (χ0v) is 6.71. The zero-order chi connectivity index (χ0) is 7.31. The van der Waals surface area contributed by atoms with Gasteiger partial charge in [0.2, 0.25) is 0 Å². The van der Waals surface area contributed by atoms with E-state index in [0.717, 1.165) is 6.61 Å². The third-order valence-electron chi connectivity index (χ3n) is 3.36. The SMILES string of the molecule is C1C[C@@H]2O[C@@]23CCCO[C@@H]3C1. The molecule has 0 aromatic heterocycles. The molecule has 2 aliphatic heterocycles. The van der Waals surface area contributed by atoms with Crippen molar-refractivity contribution in [3.8, 4) is 0 Å². The van der Waals surface area contributed by atoms with Gasteiger partial charge in [-0.15, -0.1) is 0 Å². The van der Waals surface area contributed by atoms with Crippen molar-refractivity contribution in [3.05, 3.63) is 0 Å². The van der Waals surface area contributed by atoms with Gasteiger partial charge in [-0.05, 0) is 32.1 Å². The normalized spacial score (nSPS) is 54.5. The second-order valence-corrected chi connectivity index (χ2v) is 3.96. The van der Waals surface area contributed by atoms with Crippen LogP contribution in [0.15, 0.2) is 0 Å². The van der Waals surface area contributed by atoms with E-state index in [1.165, 1.54) is 32.1 Å². The molecule has 0 bridgehead atoms. The molecule has 0 aromatic carbocycles. The lowest BCUT2D eigenvalue weighted by Crippen LogP contribution is -2.41. The Kier molecular flexibility index (Phi) is 1.16. The average Bonchev–Trinajstić information content (AvgIpc) is 2.75. The molecule has 1 aliphatic carbocycles. The molecule has 0 radical (unpaired) electrons. The van der Waals surface area contributed by atoms with E-state index < -0.39 is 0 Å². The maximum absolute atomic E-state index is 5.74. The van der Waals surface area contributed by atoms with Crippen molar-refractivity contribution in [1.29, 1.82) is 0 Å². The maximum Gasteiger partial charge on any atom is 0.121 e. The number of epoxide rings is 1. The van der Waals surface area contributed by atoms with Crippen molar-refractivity contribution in [3.63, 3.8) is 0 Å². The highest BCUT2D eigenvalue weighted by atomic mass is 16.6. The fraction of sp³-hybridized carbons (Fsp3) is 1.00. The summed E-state index contributed by atoms with van der Waals surface area (Å²) < 4.78 is 11.4. The first kappa shape index (κ1) is 6.44. The zero-order valence-electron chi connectivity index (χ0n) is 6.71. The molecule has 2 saturated heterocycles. The van der Waals surface area contributed by atoms with E-state index in [0.29, 0.717) is 12.2 Å². The third-order valence-corrected chi connectivity index (χ3v) is 3.36. The fourth-order valence-electron chi connectivity index (χ4n) is 2.73. The Morgan fingerprint density at radius 3 is 2.91 bits per heavy atom. The molecule has 0 aromatic rings. The summed E-state index contributed by atoms with van der Waals surface area (Å²) in [5, 5.41) is 0. The van der Waals surface area contributed by atoms with Crippen molar-refractivity contribution in [1.82, 2.24) is 0 Å². The summed E-state index contributed by atoms with van der Waals surface area (Å²) in [6.07, 6.45) is 7.29. The first-order valence-corrected chi connectivity index (χ1v) is 4.71. The summed E-state index contributed by atoms with van der Waals surface area (Å²) in [6.45, 7) is 0.961. The van der Waals surface area contributed by atoms with E-state index in [2.05, 4.69) is 0 Å². The minimum atomic E-state index is 0.219. The Hall–Kier alpha value is -0.0800. The summed E-state index contributed by atoms with van der Waals surface area (Å²) >= 11 is 0. The van der Waals surface area contributed by atoms with Crippen molar-refractivity contribution in [2.75, 3.05) is 6.61 Å². The summed E-state index contributed by atoms with van der Waals surface area (Å²) in [5.74, 6) is 0. The highest BCUT2D eigenvalue weighted by Crippen LogP contribution is 2.53. The van der Waals surface area contributed by atoms with Crippen LogP contribution in [0.1, 0.15) is 32.1 Å². The van der Waals surface area contributed by atoms with Crippen LogP contribution in [0.2, 0.25) is 0 Å². The molecule has 1 spiro atoms. The quantitative estimate of drug-likeness (QED) is 0.493. The van der Waals surface area contributed by atoms with Gasteiger partial charge in [-0.2, -0.15) is 0 Å². The molecule has 62 valence electrons. The Morgan fingerprint density at radius 2 is 2.00 bits per heavy atom. The monoisotopic (exact) mass is 154 g/mol. The number of rotatable bonds is 0. The van der Waals surface area contributed by atoms with Gasteiger partial charge in [-0.3, -0.25) is 0 Å². The van der Waals surface area contributed by atoms with Crippen LogP contribution in [-0.2, 0) is 9.47 Å². The first-order valence-electron chi connectivity index (χ1n) is 4.71. The Morgan fingerprint density at radius 1 is 1.09 bits per heavy atom. The summed E-state index contributed by atoms with van der Waals surface area (Å²) in [4.78, 5) is 0. The van der Waals surface area contributed by atoms with Crippen molar-refractivity contribution < 1.29 is 9.47 Å². The summed E-state index contributed by atoms with van der Waals surface area (Å²) in [7, 11) is 0. The molecule has 0 unspecified atom stereocenters. The van der Waals surface area contributed by atoms with Gasteiger partial charge in [-0.25, -0.2) is 0 Å². The van der Waals surface area contributed by atoms with Crippen molar-refractivity contribution >= 4 is 0 Å². The molecule has 3 aliphatic rings. The lowest BCUT2D eigenvalue weighted by Gasteiger charge is -2.32. The van der Waals surface area contributed by atoms with E-state index in [-0.39, 0.29) is 5.60 Å². The van der Waals surface area contributed by atoms with Gasteiger partial charge >= 0.3 is 0 Å². The molecule has 2 heterocycles. The van der Waals surface area contributed by atoms with E-state index in [4.69, 9.17) is 9.47 Å². The van der Waals surface area contributed by atoms with Gasteiger partial charge in [0.05, 0.1) is 12.2 Å². The molecule has 1 saturated carbocycles. The average molecular weight is 154 g/mol. The van der Waals surface area contributed by atoms with Crippen LogP contribution < -0.4 is 0 Å². The molecule has 3 atom stereocenters. The van der Waals surface area contributed by atoms with E-state index in [9.17, 15) is 0 Å². The Bertz CT molecular complexity index is 178. The first-order chi connectivity index (χ1) is 5.42. The van der Waals surface area contributed by atoms with Gasteiger partial charge in [-0.1, -0.05) is 0 Å². The highest BCUT2D eigenvalue weighted by Gasteiger charge is 2.63. The molecule has 2 nitrogen and oxygen atoms in total. The number of hydrogen-bond donors (Lipinski definition) is 0. The Labute approximate surface area is 66.9 Å². The lowest BCUT2D eigenvalue weighted by molar-refractivity contribution is -0.0496. The van der Waals surface area contributed by atoms with Crippen LogP contribution in [0.25, 0.3) is 0 Å². The van der Waals surface area contributed by atoms with Crippen LogP contribution in [0.5, 0.6) is 0 Å². The van der Waals surface area contributed by atoms with E-state index in [1.54, 1.807) is 0 Å². The van der Waals surface area contributed by atoms with Crippen molar-refractivity contribution in [2.45, 2.75) is 49.9 Å². The van der Waals surface area contributed by atoms with Crippen LogP contribution in [0.3, 0.4) is 0 Å². The van der Waals surface area contributed by atoms with Gasteiger partial charge in [0.25, 0.3) is 0 Å². The maximum atomic E-state index is 5.74. The second-order valence-electron chi connectivity index (χ2n) is 3.96. The molecular weight excluding hydrogens is 140 g/mol. The van der Waals surface area contributed by atoms with Crippen molar-refractivity contribution in [2.24, 2.45) is 0 Å². The minimum absolute atomic E-state index is 0.219. The molecule has 0 N–H and O–H groups in total. The minimum Gasteiger partial charge on any atom is -0.375 e. The summed E-state index contributed by atoms with van der Waals surface area (Å²) in [6, 6.07) is 0. The molecule has 3 fully saturated rings. The smallest absolute Gasteiger partial charge is 0.121 e. The summed E-state index contributed by atoms with van der Waals surface area (Å²) in [5.41, 5.74) is 0.219. The lowest BCUT2D eigenvalue weighted by atomic mass is 9.82. The van der Waals surface area contributed by atoms with E-state index >= 15 is 0 Å². The predicted molar refractivity (Wildman–Crippen MR) is 40.4 cm³/mol. The molecular formula is C9H14O2. The topological polar surface area (TPSA) is 21.8 Å². The highest BCUT2D eigenvalue weighted by molar-refractivity contribution is 5.11. The molecule has 2 heteroatoms. The number of hydrogen-bond acceptors (Lipinski definition) is 2. The fourth-order valence-corrected chi connectivity index (χ4v) is 2.73. The van der Waals surface area contributed by atoms with Crippen LogP contribution in [0, 0.1) is 0 Å². The Balaban J connectivity index is 1.84. The van der Waals surface area contributed by atoms with Gasteiger partial charge < -0.3 is 9.47 Å². The van der Waals surface area contributed by atoms with Crippen LogP contribution >= 0.6 is 0 Å². The third kappa shape index (κ3) is 0.744. The molecule has 0 amide bonds. The predicted octanol–water partition coefficient (Wildman–Crippen LogP) is 1.49. The van der Waals surface area contributed by atoms with Gasteiger partial charge in [0, 0.05) is 6.61 Å².